The van der Waals surface area contributed by atoms with Crippen molar-refractivity contribution in [2.24, 2.45) is 0 Å². The predicted octanol–water partition coefficient (Wildman–Crippen LogP) is 4.45. The molecule has 33 heavy (non-hydrogen) atoms. The summed E-state index contributed by atoms with van der Waals surface area (Å²) in [7, 11) is 2.03. The van der Waals surface area contributed by atoms with Crippen molar-refractivity contribution in [1.29, 1.82) is 0 Å². The van der Waals surface area contributed by atoms with E-state index in [2.05, 4.69) is 4.90 Å². The molecule has 1 aromatic heterocycles. The minimum absolute atomic E-state index is 0.0115. The average molecular weight is 444 g/mol. The molecule has 0 atom stereocenters. The molecule has 0 fully saturated rings. The monoisotopic (exact) mass is 444 g/mol. The number of halogens is 1. The van der Waals surface area contributed by atoms with Crippen LogP contribution in [0, 0.1) is 12.7 Å². The molecule has 4 aromatic rings. The van der Waals surface area contributed by atoms with Crippen LogP contribution >= 0.6 is 0 Å². The van der Waals surface area contributed by atoms with Crippen LogP contribution in [-0.2, 0) is 13.1 Å². The molecular weight excluding hydrogens is 423 g/mol. The predicted molar refractivity (Wildman–Crippen MR) is 123 cm³/mol. The molecule has 0 spiro atoms. The van der Waals surface area contributed by atoms with Crippen LogP contribution in [0.3, 0.4) is 0 Å². The quantitative estimate of drug-likeness (QED) is 0.488. The standard InChI is InChI=1S/C26H21FN2O4/c1-14-23(15-3-4-16-11-28(2)12-17(16)9-15)22(27)10-20-24(14)29(13-21(25(20)31)26(32)33)18-5-7-19(30)8-6-18/h3-10,13,30H,11-12H2,1-2H3,(H,32,33). The van der Waals surface area contributed by atoms with Gasteiger partial charge in [-0.05, 0) is 72.6 Å². The van der Waals surface area contributed by atoms with E-state index in [1.165, 1.54) is 23.9 Å². The third-order valence-corrected chi connectivity index (χ3v) is 6.22. The Bertz CT molecular complexity index is 1510. The zero-order valence-corrected chi connectivity index (χ0v) is 18.1. The molecule has 0 aliphatic carbocycles. The van der Waals surface area contributed by atoms with Crippen LogP contribution in [0.4, 0.5) is 4.39 Å². The number of aromatic carboxylic acids is 1. The second-order valence-corrected chi connectivity index (χ2v) is 8.47. The number of carboxylic acids is 1. The Hall–Kier alpha value is -3.97. The number of aryl methyl sites for hydroxylation is 1. The third kappa shape index (κ3) is 3.37. The molecule has 6 nitrogen and oxygen atoms in total. The summed E-state index contributed by atoms with van der Waals surface area (Å²) in [5.41, 5.74) is 3.69. The summed E-state index contributed by atoms with van der Waals surface area (Å²) >= 11 is 0. The molecule has 7 heteroatoms. The summed E-state index contributed by atoms with van der Waals surface area (Å²) in [6.45, 7) is 3.35. The van der Waals surface area contributed by atoms with E-state index in [9.17, 15) is 19.8 Å². The largest absolute Gasteiger partial charge is 0.508 e. The maximum absolute atomic E-state index is 15.5. The number of carbonyl (C=O) groups is 1. The normalized spacial score (nSPS) is 13.4. The Labute approximate surface area is 188 Å². The van der Waals surface area contributed by atoms with Crippen LogP contribution in [-0.4, -0.2) is 32.7 Å². The van der Waals surface area contributed by atoms with Crippen molar-refractivity contribution in [3.63, 3.8) is 0 Å². The molecule has 5 rings (SSSR count). The first-order valence-electron chi connectivity index (χ1n) is 10.5. The second kappa shape index (κ2) is 7.56. The minimum Gasteiger partial charge on any atom is -0.508 e. The van der Waals surface area contributed by atoms with Crippen molar-refractivity contribution in [3.8, 4) is 22.6 Å². The number of pyridine rings is 1. The molecule has 0 bridgehead atoms. The Kier molecular flexibility index (Phi) is 4.79. The van der Waals surface area contributed by atoms with Crippen molar-refractivity contribution in [2.45, 2.75) is 20.0 Å². The topological polar surface area (TPSA) is 82.8 Å². The van der Waals surface area contributed by atoms with Gasteiger partial charge in [-0.2, -0.15) is 0 Å². The number of fused-ring (bicyclic) bond motifs is 2. The van der Waals surface area contributed by atoms with Gasteiger partial charge in [-0.1, -0.05) is 12.1 Å². The summed E-state index contributed by atoms with van der Waals surface area (Å²) in [4.78, 5) is 26.9. The van der Waals surface area contributed by atoms with E-state index < -0.39 is 22.8 Å². The molecule has 2 heterocycles. The number of phenols is 1. The number of benzene rings is 3. The van der Waals surface area contributed by atoms with E-state index >= 15 is 4.39 Å². The Morgan fingerprint density at radius 1 is 1.03 bits per heavy atom. The van der Waals surface area contributed by atoms with Gasteiger partial charge in [0.2, 0.25) is 5.43 Å². The van der Waals surface area contributed by atoms with Crippen LogP contribution in [0.5, 0.6) is 5.75 Å². The number of aromatic hydroxyl groups is 1. The zero-order chi connectivity index (χ0) is 23.4. The molecule has 0 radical (unpaired) electrons. The maximum Gasteiger partial charge on any atom is 0.341 e. The van der Waals surface area contributed by atoms with Gasteiger partial charge in [0.15, 0.2) is 0 Å². The fourth-order valence-electron chi connectivity index (χ4n) is 4.69. The van der Waals surface area contributed by atoms with Gasteiger partial charge in [0, 0.05) is 30.5 Å². The van der Waals surface area contributed by atoms with Gasteiger partial charge in [-0.15, -0.1) is 0 Å². The lowest BCUT2D eigenvalue weighted by atomic mass is 9.94. The van der Waals surface area contributed by atoms with Crippen LogP contribution in [0.2, 0.25) is 0 Å². The highest BCUT2D eigenvalue weighted by molar-refractivity contribution is 5.96. The van der Waals surface area contributed by atoms with Gasteiger partial charge in [0.05, 0.1) is 10.9 Å². The van der Waals surface area contributed by atoms with E-state index in [0.29, 0.717) is 27.9 Å². The molecule has 2 N–H and O–H groups in total. The molecule has 1 aliphatic rings. The number of rotatable bonds is 3. The van der Waals surface area contributed by atoms with Gasteiger partial charge in [-0.3, -0.25) is 9.69 Å². The first-order chi connectivity index (χ1) is 15.7. The van der Waals surface area contributed by atoms with E-state index in [4.69, 9.17) is 0 Å². The van der Waals surface area contributed by atoms with Crippen molar-refractivity contribution in [2.75, 3.05) is 7.05 Å². The lowest BCUT2D eigenvalue weighted by Gasteiger charge is -2.18. The summed E-state index contributed by atoms with van der Waals surface area (Å²) < 4.78 is 17.0. The highest BCUT2D eigenvalue weighted by Gasteiger charge is 2.23. The highest BCUT2D eigenvalue weighted by Crippen LogP contribution is 2.35. The summed E-state index contributed by atoms with van der Waals surface area (Å²) in [5.74, 6) is -1.92. The van der Waals surface area contributed by atoms with E-state index in [0.717, 1.165) is 24.7 Å². The van der Waals surface area contributed by atoms with Crippen LogP contribution < -0.4 is 5.43 Å². The summed E-state index contributed by atoms with van der Waals surface area (Å²) in [5, 5.41) is 19.2. The van der Waals surface area contributed by atoms with E-state index in [1.807, 2.05) is 25.2 Å². The molecule has 1 aliphatic heterocycles. The fraction of sp³-hybridized carbons (Fsp3) is 0.154. The Morgan fingerprint density at radius 3 is 2.42 bits per heavy atom. The lowest BCUT2D eigenvalue weighted by Crippen LogP contribution is -2.19. The van der Waals surface area contributed by atoms with Crippen molar-refractivity contribution >= 4 is 16.9 Å². The molecular formula is C26H21FN2O4. The zero-order valence-electron chi connectivity index (χ0n) is 18.1. The number of hydrogen-bond acceptors (Lipinski definition) is 4. The van der Waals surface area contributed by atoms with Gasteiger partial charge in [0.1, 0.15) is 17.1 Å². The average Bonchev–Trinajstić information content (AvgIpc) is 3.14. The van der Waals surface area contributed by atoms with Crippen LogP contribution in [0.1, 0.15) is 27.0 Å². The third-order valence-electron chi connectivity index (χ3n) is 6.22. The lowest BCUT2D eigenvalue weighted by molar-refractivity contribution is 0.0695. The fourth-order valence-corrected chi connectivity index (χ4v) is 4.69. The molecule has 166 valence electrons. The van der Waals surface area contributed by atoms with Gasteiger partial charge in [0.25, 0.3) is 0 Å². The number of hydrogen-bond donors (Lipinski definition) is 2. The minimum atomic E-state index is -1.39. The number of phenolic OH excluding ortho intramolecular Hbond substituents is 1. The smallest absolute Gasteiger partial charge is 0.341 e. The van der Waals surface area contributed by atoms with E-state index in [-0.39, 0.29) is 11.1 Å². The maximum atomic E-state index is 15.5. The molecule has 0 unspecified atom stereocenters. The first kappa shape index (κ1) is 20.9. The summed E-state index contributed by atoms with van der Waals surface area (Å²) in [6, 6.07) is 13.1. The van der Waals surface area contributed by atoms with Crippen LogP contribution in [0.15, 0.2) is 59.5 Å². The van der Waals surface area contributed by atoms with Crippen molar-refractivity contribution in [1.82, 2.24) is 9.47 Å². The van der Waals surface area contributed by atoms with Crippen LogP contribution in [0.25, 0.3) is 27.7 Å². The van der Waals surface area contributed by atoms with Gasteiger partial charge in [-0.25, -0.2) is 9.18 Å². The Morgan fingerprint density at radius 2 is 1.73 bits per heavy atom. The number of nitrogens with zero attached hydrogens (tertiary/aromatic N) is 2. The van der Waals surface area contributed by atoms with Crippen molar-refractivity contribution in [3.05, 3.63) is 93.0 Å². The van der Waals surface area contributed by atoms with Crippen molar-refractivity contribution < 1.29 is 19.4 Å². The summed E-state index contributed by atoms with van der Waals surface area (Å²) in [6.07, 6.45) is 1.26. The Balaban J connectivity index is 1.84. The molecule has 0 saturated carbocycles. The molecule has 3 aromatic carbocycles. The second-order valence-electron chi connectivity index (χ2n) is 8.47. The van der Waals surface area contributed by atoms with E-state index in [1.54, 1.807) is 23.6 Å². The first-order valence-corrected chi connectivity index (χ1v) is 10.5. The SMILES string of the molecule is Cc1c(-c2ccc3c(c2)CN(C)C3)c(F)cc2c(=O)c(C(=O)O)cn(-c3ccc(O)cc3)c12. The molecule has 0 saturated heterocycles. The van der Waals surface area contributed by atoms with Gasteiger partial charge < -0.3 is 14.8 Å². The number of carboxylic acid groups (broad SMARTS) is 1. The highest BCUT2D eigenvalue weighted by atomic mass is 19.1. The number of aromatic nitrogens is 1. The van der Waals surface area contributed by atoms with Gasteiger partial charge >= 0.3 is 5.97 Å². The molecule has 0 amide bonds.